The fourth-order valence-electron chi connectivity index (χ4n) is 2.52. The zero-order valence-electron chi connectivity index (χ0n) is 12.1. The smallest absolute Gasteiger partial charge is 0.317 e. The highest BCUT2D eigenvalue weighted by molar-refractivity contribution is 5.74. The molecule has 2 rings (SSSR count). The fourth-order valence-corrected chi connectivity index (χ4v) is 2.52. The number of hydrogen-bond donors (Lipinski definition) is 3. The average Bonchev–Trinajstić information content (AvgIpc) is 3.00. The molecule has 0 radical (unpaired) electrons. The van der Waals surface area contributed by atoms with Gasteiger partial charge in [-0.05, 0) is 32.1 Å². The fraction of sp³-hybridized carbons (Fsp3) is 0.692. The zero-order chi connectivity index (χ0) is 15.2. The summed E-state index contributed by atoms with van der Waals surface area (Å²) in [6.07, 6.45) is 4.03. The lowest BCUT2D eigenvalue weighted by molar-refractivity contribution is -0.137. The lowest BCUT2D eigenvalue weighted by Crippen LogP contribution is -2.45. The van der Waals surface area contributed by atoms with E-state index in [4.69, 9.17) is 5.11 Å². The Kier molecular flexibility index (Phi) is 5.13. The number of carboxylic acid groups (broad SMARTS) is 1. The van der Waals surface area contributed by atoms with Crippen LogP contribution in [0, 0.1) is 5.92 Å². The quantitative estimate of drug-likeness (QED) is 0.754. The monoisotopic (exact) mass is 295 g/mol. The van der Waals surface area contributed by atoms with E-state index >= 15 is 0 Å². The molecule has 0 aliphatic carbocycles. The molecule has 0 spiro atoms. The van der Waals surface area contributed by atoms with Crippen LogP contribution in [0.4, 0.5) is 4.79 Å². The number of carboxylic acids is 1. The third-order valence-corrected chi connectivity index (χ3v) is 3.85. The lowest BCUT2D eigenvalue weighted by Gasteiger charge is -2.32. The number of carbonyl (C=O) groups excluding carboxylic acids is 1. The van der Waals surface area contributed by atoms with Gasteiger partial charge in [0.1, 0.15) is 12.2 Å². The third kappa shape index (κ3) is 4.44. The Labute approximate surface area is 122 Å². The van der Waals surface area contributed by atoms with Crippen molar-refractivity contribution in [3.05, 3.63) is 12.2 Å². The van der Waals surface area contributed by atoms with Crippen molar-refractivity contribution in [1.29, 1.82) is 0 Å². The minimum absolute atomic E-state index is 0.115. The van der Waals surface area contributed by atoms with E-state index in [-0.39, 0.29) is 18.5 Å². The molecule has 1 aliphatic heterocycles. The number of nitrogens with one attached hydrogen (secondary N) is 2. The maximum atomic E-state index is 12.1. The van der Waals surface area contributed by atoms with Gasteiger partial charge < -0.3 is 15.3 Å². The molecule has 8 nitrogen and oxygen atoms in total. The Hall–Kier alpha value is -2.12. The minimum atomic E-state index is -0.754. The van der Waals surface area contributed by atoms with Crippen LogP contribution in [-0.4, -0.2) is 50.3 Å². The molecule has 1 atom stereocenters. The molecule has 1 aromatic heterocycles. The Morgan fingerprint density at radius 1 is 1.52 bits per heavy atom. The summed E-state index contributed by atoms with van der Waals surface area (Å²) in [5, 5.41) is 18.0. The van der Waals surface area contributed by atoms with Gasteiger partial charge in [-0.15, -0.1) is 0 Å². The first-order valence-electron chi connectivity index (χ1n) is 7.18. The van der Waals surface area contributed by atoms with Crippen molar-refractivity contribution in [1.82, 2.24) is 25.4 Å². The van der Waals surface area contributed by atoms with Crippen molar-refractivity contribution >= 4 is 12.0 Å². The maximum absolute atomic E-state index is 12.1. The molecule has 0 bridgehead atoms. The maximum Gasteiger partial charge on any atom is 0.317 e. The molecular weight excluding hydrogens is 274 g/mol. The van der Waals surface area contributed by atoms with Gasteiger partial charge in [0.05, 0.1) is 6.04 Å². The normalized spacial score (nSPS) is 17.5. The zero-order valence-corrected chi connectivity index (χ0v) is 12.1. The van der Waals surface area contributed by atoms with Crippen LogP contribution in [0.5, 0.6) is 0 Å². The van der Waals surface area contributed by atoms with Gasteiger partial charge in [0.25, 0.3) is 0 Å². The second-order valence-electron chi connectivity index (χ2n) is 5.40. The molecule has 2 heterocycles. The Bertz CT molecular complexity index is 468. The number of hydrogen-bond acceptors (Lipinski definition) is 4. The number of urea groups is 1. The number of amides is 2. The number of aromatic nitrogens is 3. The highest BCUT2D eigenvalue weighted by Crippen LogP contribution is 2.22. The second kappa shape index (κ2) is 7.05. The van der Waals surface area contributed by atoms with Crippen molar-refractivity contribution in [2.45, 2.75) is 38.6 Å². The first kappa shape index (κ1) is 15.3. The molecule has 1 saturated heterocycles. The number of H-pyrrole nitrogens is 1. The van der Waals surface area contributed by atoms with Gasteiger partial charge in [-0.1, -0.05) is 0 Å². The number of likely N-dealkylation sites (tertiary alicyclic amines) is 1. The van der Waals surface area contributed by atoms with E-state index in [1.165, 1.54) is 6.33 Å². The Morgan fingerprint density at radius 3 is 2.81 bits per heavy atom. The minimum Gasteiger partial charge on any atom is -0.481 e. The van der Waals surface area contributed by atoms with Crippen LogP contribution in [0.25, 0.3) is 0 Å². The van der Waals surface area contributed by atoms with Gasteiger partial charge in [0.15, 0.2) is 0 Å². The van der Waals surface area contributed by atoms with E-state index in [1.54, 1.807) is 4.90 Å². The predicted octanol–water partition coefficient (Wildman–Crippen LogP) is 1.15. The van der Waals surface area contributed by atoms with Crippen LogP contribution < -0.4 is 5.32 Å². The molecule has 1 unspecified atom stereocenters. The van der Waals surface area contributed by atoms with Crippen molar-refractivity contribution in [2.24, 2.45) is 5.92 Å². The third-order valence-electron chi connectivity index (χ3n) is 3.85. The average molecular weight is 295 g/mol. The summed E-state index contributed by atoms with van der Waals surface area (Å²) < 4.78 is 0. The van der Waals surface area contributed by atoms with Gasteiger partial charge in [0, 0.05) is 19.5 Å². The number of piperidine rings is 1. The van der Waals surface area contributed by atoms with E-state index in [1.807, 2.05) is 6.92 Å². The van der Waals surface area contributed by atoms with E-state index in [0.29, 0.717) is 31.3 Å². The van der Waals surface area contributed by atoms with E-state index in [0.717, 1.165) is 12.8 Å². The lowest BCUT2D eigenvalue weighted by atomic mass is 9.92. The summed E-state index contributed by atoms with van der Waals surface area (Å²) in [5.41, 5.74) is 0. The molecule has 3 N–H and O–H groups in total. The van der Waals surface area contributed by atoms with Crippen molar-refractivity contribution in [3.8, 4) is 0 Å². The standard InChI is InChI=1S/C13H21N5O3/c1-9(12-14-8-15-17-12)16-13(21)18-6-4-10(5-7-18)2-3-11(19)20/h8-10H,2-7H2,1H3,(H,16,21)(H,19,20)(H,14,15,17). The molecule has 8 heteroatoms. The molecule has 1 aliphatic rings. The summed E-state index contributed by atoms with van der Waals surface area (Å²) >= 11 is 0. The second-order valence-corrected chi connectivity index (χ2v) is 5.40. The Balaban J connectivity index is 1.74. The molecule has 1 aromatic rings. The van der Waals surface area contributed by atoms with Crippen LogP contribution in [0.1, 0.15) is 44.5 Å². The van der Waals surface area contributed by atoms with Gasteiger partial charge in [0.2, 0.25) is 0 Å². The van der Waals surface area contributed by atoms with Crippen molar-refractivity contribution < 1.29 is 14.7 Å². The van der Waals surface area contributed by atoms with Crippen molar-refractivity contribution in [3.63, 3.8) is 0 Å². The van der Waals surface area contributed by atoms with Gasteiger partial charge in [-0.2, -0.15) is 5.10 Å². The molecule has 1 fully saturated rings. The molecular formula is C13H21N5O3. The summed E-state index contributed by atoms with van der Waals surface area (Å²) in [7, 11) is 0. The predicted molar refractivity (Wildman–Crippen MR) is 74.5 cm³/mol. The molecule has 0 aromatic carbocycles. The number of aromatic amines is 1. The van der Waals surface area contributed by atoms with Crippen LogP contribution in [0.3, 0.4) is 0 Å². The molecule has 0 saturated carbocycles. The first-order valence-corrected chi connectivity index (χ1v) is 7.18. The van der Waals surface area contributed by atoms with Gasteiger partial charge in [-0.3, -0.25) is 9.89 Å². The molecule has 116 valence electrons. The summed E-state index contributed by atoms with van der Waals surface area (Å²) in [4.78, 5) is 28.5. The highest BCUT2D eigenvalue weighted by atomic mass is 16.4. The molecule has 2 amide bonds. The summed E-state index contributed by atoms with van der Waals surface area (Å²) in [5.74, 6) is 0.271. The van der Waals surface area contributed by atoms with E-state index in [9.17, 15) is 9.59 Å². The first-order chi connectivity index (χ1) is 10.1. The number of nitrogens with zero attached hydrogens (tertiary/aromatic N) is 3. The number of carbonyl (C=O) groups is 2. The van der Waals surface area contributed by atoms with Gasteiger partial charge >= 0.3 is 12.0 Å². The number of aliphatic carboxylic acids is 1. The van der Waals surface area contributed by atoms with Gasteiger partial charge in [-0.25, -0.2) is 9.78 Å². The topological polar surface area (TPSA) is 111 Å². The highest BCUT2D eigenvalue weighted by Gasteiger charge is 2.24. The number of rotatable bonds is 5. The van der Waals surface area contributed by atoms with Crippen LogP contribution in [-0.2, 0) is 4.79 Å². The summed E-state index contributed by atoms with van der Waals surface area (Å²) in [6.45, 7) is 3.18. The SMILES string of the molecule is CC(NC(=O)N1CCC(CCC(=O)O)CC1)c1ncn[nH]1. The van der Waals surface area contributed by atoms with E-state index in [2.05, 4.69) is 20.5 Å². The largest absolute Gasteiger partial charge is 0.481 e. The van der Waals surface area contributed by atoms with E-state index < -0.39 is 5.97 Å². The van der Waals surface area contributed by atoms with Crippen LogP contribution in [0.15, 0.2) is 6.33 Å². The van der Waals surface area contributed by atoms with Crippen molar-refractivity contribution in [2.75, 3.05) is 13.1 Å². The van der Waals surface area contributed by atoms with Crippen LogP contribution in [0.2, 0.25) is 0 Å². The Morgan fingerprint density at radius 2 is 2.24 bits per heavy atom. The summed E-state index contributed by atoms with van der Waals surface area (Å²) in [6, 6.07) is -0.333. The molecule has 21 heavy (non-hydrogen) atoms. The van der Waals surface area contributed by atoms with Crippen LogP contribution >= 0.6 is 0 Å².